The molecule has 34 heavy (non-hydrogen) atoms. The number of carbonyl (C=O) groups is 1. The predicted octanol–water partition coefficient (Wildman–Crippen LogP) is 3.66. The van der Waals surface area contributed by atoms with Gasteiger partial charge in [-0.1, -0.05) is 43.4 Å². The molecule has 0 radical (unpaired) electrons. The average molecular weight is 484 g/mol. The number of nitrogens with one attached hydrogen (secondary N) is 3. The highest BCUT2D eigenvalue weighted by Gasteiger charge is 2.23. The van der Waals surface area contributed by atoms with Crippen LogP contribution < -0.4 is 30.3 Å². The third kappa shape index (κ3) is 5.72. The van der Waals surface area contributed by atoms with Crippen molar-refractivity contribution in [3.63, 3.8) is 0 Å². The highest BCUT2D eigenvalue weighted by molar-refractivity contribution is 7.15. The standard InChI is InChI=1S/C23H29N7O3S/c1-14(2)24-12-15-7-5-6-8-16(15)25-21(31)29-23-26-17-9-10-30(13-18(17)34-23)19-11-20(32-3)28-22(27-19)33-4/h5-8,11,14,24H,9-10,12-13H2,1-4H3,(H2,25,26,29,31). The number of para-hydroxylation sites is 1. The van der Waals surface area contributed by atoms with Crippen LogP contribution in [-0.2, 0) is 19.5 Å². The summed E-state index contributed by atoms with van der Waals surface area (Å²) >= 11 is 1.47. The summed E-state index contributed by atoms with van der Waals surface area (Å²) in [5.74, 6) is 1.17. The molecule has 11 heteroatoms. The zero-order chi connectivity index (χ0) is 24.1. The second kappa shape index (κ2) is 10.7. The van der Waals surface area contributed by atoms with E-state index < -0.39 is 0 Å². The Bertz CT molecular complexity index is 1130. The fraction of sp³-hybridized carbons (Fsp3) is 0.391. The number of fused-ring (bicyclic) bond motifs is 1. The second-order valence-electron chi connectivity index (χ2n) is 8.09. The van der Waals surface area contributed by atoms with Crippen LogP contribution in [0.1, 0.15) is 30.0 Å². The van der Waals surface area contributed by atoms with E-state index in [-0.39, 0.29) is 12.0 Å². The smallest absolute Gasteiger partial charge is 0.325 e. The molecule has 1 aliphatic rings. The third-order valence-electron chi connectivity index (χ3n) is 5.30. The van der Waals surface area contributed by atoms with E-state index in [1.807, 2.05) is 24.3 Å². The Morgan fingerprint density at radius 3 is 2.74 bits per heavy atom. The Morgan fingerprint density at radius 1 is 1.15 bits per heavy atom. The van der Waals surface area contributed by atoms with Crippen molar-refractivity contribution in [3.8, 4) is 11.9 Å². The number of nitrogens with zero attached hydrogens (tertiary/aromatic N) is 4. The molecule has 3 heterocycles. The SMILES string of the molecule is COc1cc(N2CCc3nc(NC(=O)Nc4ccccc4CNC(C)C)sc3C2)nc(OC)n1. The van der Waals surface area contributed by atoms with Crippen molar-refractivity contribution >= 4 is 34.0 Å². The summed E-state index contributed by atoms with van der Waals surface area (Å²) in [7, 11) is 3.09. The van der Waals surface area contributed by atoms with Gasteiger partial charge in [-0.15, -0.1) is 0 Å². The summed E-state index contributed by atoms with van der Waals surface area (Å²) < 4.78 is 10.5. The van der Waals surface area contributed by atoms with E-state index in [1.165, 1.54) is 18.4 Å². The van der Waals surface area contributed by atoms with E-state index in [1.54, 1.807) is 13.2 Å². The number of aromatic nitrogens is 3. The summed E-state index contributed by atoms with van der Waals surface area (Å²) in [6.07, 6.45) is 0.744. The van der Waals surface area contributed by atoms with Crippen LogP contribution >= 0.6 is 11.3 Å². The fourth-order valence-electron chi connectivity index (χ4n) is 3.56. The van der Waals surface area contributed by atoms with Crippen LogP contribution in [-0.4, -0.2) is 47.8 Å². The average Bonchev–Trinajstić information content (AvgIpc) is 3.24. The summed E-state index contributed by atoms with van der Waals surface area (Å²) in [5, 5.41) is 9.78. The third-order valence-corrected chi connectivity index (χ3v) is 6.30. The van der Waals surface area contributed by atoms with Crippen LogP contribution in [0.5, 0.6) is 11.9 Å². The monoisotopic (exact) mass is 483 g/mol. The molecule has 1 aliphatic heterocycles. The summed E-state index contributed by atoms with van der Waals surface area (Å²) in [6.45, 7) is 6.22. The van der Waals surface area contributed by atoms with Gasteiger partial charge in [-0.2, -0.15) is 9.97 Å². The number of benzene rings is 1. The van der Waals surface area contributed by atoms with Crippen molar-refractivity contribution in [2.24, 2.45) is 0 Å². The van der Waals surface area contributed by atoms with Gasteiger partial charge in [0.15, 0.2) is 5.13 Å². The lowest BCUT2D eigenvalue weighted by Crippen LogP contribution is -2.30. The first kappa shape index (κ1) is 23.7. The Morgan fingerprint density at radius 2 is 1.97 bits per heavy atom. The first-order valence-corrected chi connectivity index (χ1v) is 11.9. The number of hydrogen-bond acceptors (Lipinski definition) is 9. The molecule has 0 bridgehead atoms. The number of carbonyl (C=O) groups excluding carboxylic acids is 1. The Balaban J connectivity index is 1.42. The van der Waals surface area contributed by atoms with Crippen molar-refractivity contribution in [2.75, 3.05) is 36.3 Å². The van der Waals surface area contributed by atoms with Crippen LogP contribution in [0.25, 0.3) is 0 Å². The van der Waals surface area contributed by atoms with Gasteiger partial charge in [-0.3, -0.25) is 5.32 Å². The van der Waals surface area contributed by atoms with Crippen LogP contribution in [0.15, 0.2) is 30.3 Å². The number of ether oxygens (including phenoxy) is 2. The molecule has 2 aromatic heterocycles. The van der Waals surface area contributed by atoms with Crippen LogP contribution in [0.4, 0.5) is 21.4 Å². The molecule has 0 saturated heterocycles. The molecule has 3 N–H and O–H groups in total. The van der Waals surface area contributed by atoms with Crippen molar-refractivity contribution in [1.82, 2.24) is 20.3 Å². The Hall–Kier alpha value is -3.44. The van der Waals surface area contributed by atoms with Crippen molar-refractivity contribution < 1.29 is 14.3 Å². The molecule has 1 aromatic carbocycles. The number of anilines is 3. The summed E-state index contributed by atoms with van der Waals surface area (Å²) in [5.41, 5.74) is 2.79. The van der Waals surface area contributed by atoms with E-state index in [0.29, 0.717) is 30.1 Å². The lowest BCUT2D eigenvalue weighted by Gasteiger charge is -2.27. The zero-order valence-corrected chi connectivity index (χ0v) is 20.5. The Kier molecular flexibility index (Phi) is 7.43. The maximum absolute atomic E-state index is 12.7. The molecule has 3 aromatic rings. The topological polar surface area (TPSA) is 114 Å². The first-order chi connectivity index (χ1) is 16.4. The van der Waals surface area contributed by atoms with Gasteiger partial charge in [0.1, 0.15) is 5.82 Å². The van der Waals surface area contributed by atoms with E-state index >= 15 is 0 Å². The number of thiazole rings is 1. The molecule has 180 valence electrons. The minimum atomic E-state index is -0.315. The van der Waals surface area contributed by atoms with Gasteiger partial charge in [-0.05, 0) is 11.6 Å². The summed E-state index contributed by atoms with van der Waals surface area (Å²) in [6, 6.07) is 9.84. The predicted molar refractivity (Wildman–Crippen MR) is 133 cm³/mol. The van der Waals surface area contributed by atoms with Crippen LogP contribution in [0, 0.1) is 0 Å². The zero-order valence-electron chi connectivity index (χ0n) is 19.7. The molecule has 0 aliphatic carbocycles. The fourth-order valence-corrected chi connectivity index (χ4v) is 4.57. The van der Waals surface area contributed by atoms with Gasteiger partial charge in [0, 0.05) is 42.2 Å². The van der Waals surface area contributed by atoms with Gasteiger partial charge in [0.25, 0.3) is 0 Å². The number of rotatable bonds is 8. The first-order valence-electron chi connectivity index (χ1n) is 11.0. The molecule has 4 rings (SSSR count). The van der Waals surface area contributed by atoms with E-state index in [9.17, 15) is 4.79 Å². The van der Waals surface area contributed by atoms with Gasteiger partial charge >= 0.3 is 12.0 Å². The molecule has 10 nitrogen and oxygen atoms in total. The maximum Gasteiger partial charge on any atom is 0.325 e. The largest absolute Gasteiger partial charge is 0.481 e. The second-order valence-corrected chi connectivity index (χ2v) is 9.17. The molecular weight excluding hydrogens is 454 g/mol. The molecule has 0 spiro atoms. The number of hydrogen-bond donors (Lipinski definition) is 3. The molecule has 0 saturated carbocycles. The lowest BCUT2D eigenvalue weighted by atomic mass is 10.1. The quantitative estimate of drug-likeness (QED) is 0.445. The van der Waals surface area contributed by atoms with E-state index in [2.05, 4.69) is 49.6 Å². The highest BCUT2D eigenvalue weighted by Crippen LogP contribution is 2.31. The minimum Gasteiger partial charge on any atom is -0.481 e. The van der Waals surface area contributed by atoms with E-state index in [0.717, 1.165) is 40.6 Å². The van der Waals surface area contributed by atoms with Gasteiger partial charge < -0.3 is 25.0 Å². The van der Waals surface area contributed by atoms with Crippen molar-refractivity contribution in [3.05, 3.63) is 46.5 Å². The van der Waals surface area contributed by atoms with E-state index in [4.69, 9.17) is 9.47 Å². The van der Waals surface area contributed by atoms with Crippen molar-refractivity contribution in [2.45, 2.75) is 39.4 Å². The number of methoxy groups -OCH3 is 2. The van der Waals surface area contributed by atoms with Gasteiger partial charge in [-0.25, -0.2) is 9.78 Å². The molecule has 0 fully saturated rings. The Labute approximate surface area is 202 Å². The normalized spacial score (nSPS) is 12.9. The number of amides is 2. The lowest BCUT2D eigenvalue weighted by molar-refractivity contribution is 0.262. The van der Waals surface area contributed by atoms with Crippen LogP contribution in [0.3, 0.4) is 0 Å². The van der Waals surface area contributed by atoms with Crippen LogP contribution in [0.2, 0.25) is 0 Å². The molecule has 0 atom stereocenters. The van der Waals surface area contributed by atoms with Gasteiger partial charge in [0.05, 0.1) is 26.5 Å². The maximum atomic E-state index is 12.7. The molecule has 0 unspecified atom stereocenters. The van der Waals surface area contributed by atoms with Crippen molar-refractivity contribution in [1.29, 1.82) is 0 Å². The molecular formula is C23H29N7O3S. The number of urea groups is 1. The highest BCUT2D eigenvalue weighted by atomic mass is 32.1. The minimum absolute atomic E-state index is 0.257. The molecule has 2 amide bonds. The summed E-state index contributed by atoms with van der Waals surface area (Å²) in [4.78, 5) is 29.1. The van der Waals surface area contributed by atoms with Gasteiger partial charge in [0.2, 0.25) is 5.88 Å².